The SMILES string of the molecule is O=C(c1ccc2c(c1)CCO2)N(CCCc1ccccc1)Cc1ccccc1. The number of carbonyl (C=O) groups excluding carboxylic acids is 1. The fourth-order valence-electron chi connectivity index (χ4n) is 3.68. The summed E-state index contributed by atoms with van der Waals surface area (Å²) in [5.74, 6) is 1.00. The van der Waals surface area contributed by atoms with Gasteiger partial charge in [-0.05, 0) is 47.7 Å². The van der Waals surface area contributed by atoms with Gasteiger partial charge < -0.3 is 9.64 Å². The maximum absolute atomic E-state index is 13.3. The van der Waals surface area contributed by atoms with Crippen molar-refractivity contribution in [1.82, 2.24) is 4.90 Å². The van der Waals surface area contributed by atoms with E-state index in [-0.39, 0.29) is 5.91 Å². The highest BCUT2D eigenvalue weighted by Crippen LogP contribution is 2.26. The zero-order valence-corrected chi connectivity index (χ0v) is 16.0. The monoisotopic (exact) mass is 371 g/mol. The summed E-state index contributed by atoms with van der Waals surface area (Å²) >= 11 is 0. The second kappa shape index (κ2) is 8.75. The first kappa shape index (κ1) is 18.3. The summed E-state index contributed by atoms with van der Waals surface area (Å²) < 4.78 is 5.58. The average molecular weight is 371 g/mol. The molecule has 1 heterocycles. The molecule has 0 unspecified atom stereocenters. The molecular formula is C25H25NO2. The van der Waals surface area contributed by atoms with Crippen LogP contribution in [0.15, 0.2) is 78.9 Å². The predicted octanol–water partition coefficient (Wildman–Crippen LogP) is 4.90. The van der Waals surface area contributed by atoms with E-state index in [2.05, 4.69) is 36.4 Å². The van der Waals surface area contributed by atoms with Gasteiger partial charge in [0.25, 0.3) is 5.91 Å². The maximum Gasteiger partial charge on any atom is 0.254 e. The fraction of sp³-hybridized carbons (Fsp3) is 0.240. The number of rotatable bonds is 7. The topological polar surface area (TPSA) is 29.5 Å². The number of ether oxygens (including phenoxy) is 1. The normalized spacial score (nSPS) is 12.3. The van der Waals surface area contributed by atoms with Crippen LogP contribution in [0.1, 0.15) is 33.5 Å². The standard InChI is InChI=1S/C25H25NO2/c27-25(23-13-14-24-22(18-23)15-17-28-24)26(19-21-10-5-2-6-11-21)16-7-12-20-8-3-1-4-9-20/h1-6,8-11,13-14,18H,7,12,15-17,19H2. The lowest BCUT2D eigenvalue weighted by Crippen LogP contribution is -2.31. The first-order valence-corrected chi connectivity index (χ1v) is 9.92. The Balaban J connectivity index is 1.49. The van der Waals surface area contributed by atoms with Gasteiger partial charge in [0.15, 0.2) is 0 Å². The lowest BCUT2D eigenvalue weighted by atomic mass is 10.1. The van der Waals surface area contributed by atoms with E-state index in [4.69, 9.17) is 4.74 Å². The van der Waals surface area contributed by atoms with E-state index in [0.717, 1.165) is 48.2 Å². The van der Waals surface area contributed by atoms with E-state index in [1.165, 1.54) is 5.56 Å². The number of aryl methyl sites for hydroxylation is 1. The second-order valence-electron chi connectivity index (χ2n) is 7.22. The lowest BCUT2D eigenvalue weighted by Gasteiger charge is -2.23. The van der Waals surface area contributed by atoms with E-state index in [9.17, 15) is 4.79 Å². The van der Waals surface area contributed by atoms with Gasteiger partial charge in [-0.2, -0.15) is 0 Å². The number of benzene rings is 3. The van der Waals surface area contributed by atoms with Crippen LogP contribution >= 0.6 is 0 Å². The number of fused-ring (bicyclic) bond motifs is 1. The van der Waals surface area contributed by atoms with Crippen LogP contribution in [0, 0.1) is 0 Å². The first-order valence-electron chi connectivity index (χ1n) is 9.92. The summed E-state index contributed by atoms with van der Waals surface area (Å²) in [5, 5.41) is 0. The van der Waals surface area contributed by atoms with Gasteiger partial charge in [0.2, 0.25) is 0 Å². The number of amides is 1. The molecule has 0 saturated carbocycles. The number of carbonyl (C=O) groups is 1. The summed E-state index contributed by atoms with van der Waals surface area (Å²) in [6, 6.07) is 26.5. The first-order chi connectivity index (χ1) is 13.8. The maximum atomic E-state index is 13.3. The minimum Gasteiger partial charge on any atom is -0.493 e. The molecule has 0 atom stereocenters. The molecule has 0 fully saturated rings. The number of nitrogens with zero attached hydrogens (tertiary/aromatic N) is 1. The van der Waals surface area contributed by atoms with Crippen LogP contribution in [0.2, 0.25) is 0 Å². The molecule has 142 valence electrons. The van der Waals surface area contributed by atoms with Gasteiger partial charge >= 0.3 is 0 Å². The number of hydrogen-bond acceptors (Lipinski definition) is 2. The van der Waals surface area contributed by atoms with Gasteiger partial charge in [-0.1, -0.05) is 60.7 Å². The molecule has 1 aliphatic rings. The lowest BCUT2D eigenvalue weighted by molar-refractivity contribution is 0.0741. The van der Waals surface area contributed by atoms with Crippen molar-refractivity contribution in [1.29, 1.82) is 0 Å². The molecule has 0 N–H and O–H groups in total. The van der Waals surface area contributed by atoms with Crippen molar-refractivity contribution >= 4 is 5.91 Å². The Morgan fingerprint density at radius 3 is 2.36 bits per heavy atom. The van der Waals surface area contributed by atoms with E-state index in [1.807, 2.05) is 47.4 Å². The Labute approximate surface area is 166 Å². The van der Waals surface area contributed by atoms with Crippen molar-refractivity contribution in [3.63, 3.8) is 0 Å². The summed E-state index contributed by atoms with van der Waals surface area (Å²) in [6.07, 6.45) is 2.79. The van der Waals surface area contributed by atoms with Crippen LogP contribution in [0.4, 0.5) is 0 Å². The quantitative estimate of drug-likeness (QED) is 0.591. The van der Waals surface area contributed by atoms with Crippen LogP contribution < -0.4 is 4.74 Å². The fourth-order valence-corrected chi connectivity index (χ4v) is 3.68. The van der Waals surface area contributed by atoms with Gasteiger partial charge in [-0.25, -0.2) is 0 Å². The third-order valence-electron chi connectivity index (χ3n) is 5.18. The van der Waals surface area contributed by atoms with Crippen molar-refractivity contribution in [2.24, 2.45) is 0 Å². The van der Waals surface area contributed by atoms with E-state index in [0.29, 0.717) is 13.2 Å². The van der Waals surface area contributed by atoms with Gasteiger partial charge in [-0.15, -0.1) is 0 Å². The van der Waals surface area contributed by atoms with E-state index in [1.54, 1.807) is 0 Å². The van der Waals surface area contributed by atoms with Gasteiger partial charge in [-0.3, -0.25) is 4.79 Å². The Kier molecular flexibility index (Phi) is 5.72. The van der Waals surface area contributed by atoms with Gasteiger partial charge in [0.05, 0.1) is 6.61 Å². The smallest absolute Gasteiger partial charge is 0.254 e. The van der Waals surface area contributed by atoms with Crippen LogP contribution in [0.3, 0.4) is 0 Å². The molecular weight excluding hydrogens is 346 g/mol. The van der Waals surface area contributed by atoms with Crippen molar-refractivity contribution < 1.29 is 9.53 Å². The molecule has 0 saturated heterocycles. The third-order valence-corrected chi connectivity index (χ3v) is 5.18. The van der Waals surface area contributed by atoms with Crippen LogP contribution in [0.5, 0.6) is 5.75 Å². The highest BCUT2D eigenvalue weighted by Gasteiger charge is 2.19. The molecule has 1 aliphatic heterocycles. The summed E-state index contributed by atoms with van der Waals surface area (Å²) in [7, 11) is 0. The molecule has 28 heavy (non-hydrogen) atoms. The molecule has 3 nitrogen and oxygen atoms in total. The summed E-state index contributed by atoms with van der Waals surface area (Å²) in [5.41, 5.74) is 4.35. The highest BCUT2D eigenvalue weighted by atomic mass is 16.5. The van der Waals surface area contributed by atoms with E-state index < -0.39 is 0 Å². The predicted molar refractivity (Wildman–Crippen MR) is 112 cm³/mol. The van der Waals surface area contributed by atoms with Gasteiger partial charge in [0, 0.05) is 25.1 Å². The molecule has 0 radical (unpaired) electrons. The minimum absolute atomic E-state index is 0.0895. The summed E-state index contributed by atoms with van der Waals surface area (Å²) in [6.45, 7) is 2.07. The third kappa shape index (κ3) is 4.42. The van der Waals surface area contributed by atoms with Crippen LogP contribution in [0.25, 0.3) is 0 Å². The molecule has 0 aliphatic carbocycles. The minimum atomic E-state index is 0.0895. The molecule has 3 heteroatoms. The highest BCUT2D eigenvalue weighted by molar-refractivity contribution is 5.94. The largest absolute Gasteiger partial charge is 0.493 e. The van der Waals surface area contributed by atoms with Crippen molar-refractivity contribution in [3.8, 4) is 5.75 Å². The molecule has 1 amide bonds. The van der Waals surface area contributed by atoms with Crippen LogP contribution in [-0.4, -0.2) is 24.0 Å². The van der Waals surface area contributed by atoms with Crippen molar-refractivity contribution in [2.75, 3.05) is 13.2 Å². The van der Waals surface area contributed by atoms with E-state index >= 15 is 0 Å². The summed E-state index contributed by atoms with van der Waals surface area (Å²) in [4.78, 5) is 15.2. The Morgan fingerprint density at radius 1 is 0.893 bits per heavy atom. The molecule has 3 aromatic rings. The molecule has 0 spiro atoms. The molecule has 4 rings (SSSR count). The Morgan fingerprint density at radius 2 is 1.61 bits per heavy atom. The molecule has 0 aromatic heterocycles. The van der Waals surface area contributed by atoms with Gasteiger partial charge in [0.1, 0.15) is 5.75 Å². The zero-order valence-electron chi connectivity index (χ0n) is 16.0. The Hall–Kier alpha value is -3.07. The number of hydrogen-bond donors (Lipinski definition) is 0. The molecule has 0 bridgehead atoms. The Bertz CT molecular complexity index is 922. The zero-order chi connectivity index (χ0) is 19.2. The van der Waals surface area contributed by atoms with Crippen molar-refractivity contribution in [2.45, 2.75) is 25.8 Å². The average Bonchev–Trinajstić information content (AvgIpc) is 3.22. The van der Waals surface area contributed by atoms with Crippen LogP contribution in [-0.2, 0) is 19.4 Å². The van der Waals surface area contributed by atoms with Crippen molar-refractivity contribution in [3.05, 3.63) is 101 Å². The molecule has 3 aromatic carbocycles. The second-order valence-corrected chi connectivity index (χ2v) is 7.22.